The Balaban J connectivity index is 1.98. The lowest BCUT2D eigenvalue weighted by molar-refractivity contribution is -0.139. The van der Waals surface area contributed by atoms with Crippen LogP contribution in [0, 0.1) is 0 Å². The van der Waals surface area contributed by atoms with E-state index in [1.165, 1.54) is 16.7 Å². The van der Waals surface area contributed by atoms with Gasteiger partial charge in [-0.2, -0.15) is 0 Å². The van der Waals surface area contributed by atoms with Gasteiger partial charge in [-0.25, -0.2) is 9.59 Å². The van der Waals surface area contributed by atoms with Gasteiger partial charge in [0.05, 0.1) is 4.91 Å². The standard InChI is InChI=1S/C18H20N4O5S2/c1-22-15(24)13(29-18(22)28)9-10-4-6-11(7-5-10)14(23)21-12(16(25)26)3-2-8-20-17(19)27/h4-7,9,12H,2-3,8H2,1H3,(H,21,23)(H,25,26)(H3,19,20,27)/b13-9+/t12-/m1/s1. The minimum absolute atomic E-state index is 0.137. The highest BCUT2D eigenvalue weighted by molar-refractivity contribution is 8.26. The number of carbonyl (C=O) groups is 4. The van der Waals surface area contributed by atoms with Crippen molar-refractivity contribution in [1.29, 1.82) is 0 Å². The van der Waals surface area contributed by atoms with Crippen LogP contribution >= 0.6 is 24.0 Å². The van der Waals surface area contributed by atoms with Crippen molar-refractivity contribution >= 4 is 58.2 Å². The Bertz CT molecular complexity index is 870. The lowest BCUT2D eigenvalue weighted by Crippen LogP contribution is -2.41. The minimum atomic E-state index is -1.17. The Morgan fingerprint density at radius 2 is 1.97 bits per heavy atom. The third kappa shape index (κ3) is 6.29. The summed E-state index contributed by atoms with van der Waals surface area (Å²) in [6.07, 6.45) is 2.16. The molecule has 29 heavy (non-hydrogen) atoms. The monoisotopic (exact) mass is 436 g/mol. The lowest BCUT2D eigenvalue weighted by Gasteiger charge is -2.14. The summed E-state index contributed by atoms with van der Waals surface area (Å²) in [6, 6.07) is 4.61. The van der Waals surface area contributed by atoms with Gasteiger partial charge in [-0.05, 0) is 36.6 Å². The van der Waals surface area contributed by atoms with E-state index in [0.717, 1.165) is 0 Å². The number of urea groups is 1. The first kappa shape index (κ1) is 22.4. The highest BCUT2D eigenvalue weighted by atomic mass is 32.2. The average Bonchev–Trinajstić information content (AvgIpc) is 2.91. The molecule has 1 aromatic carbocycles. The van der Waals surface area contributed by atoms with E-state index in [-0.39, 0.29) is 24.4 Å². The predicted octanol–water partition coefficient (Wildman–Crippen LogP) is 1.15. The Labute approximate surface area is 176 Å². The highest BCUT2D eigenvalue weighted by Crippen LogP contribution is 2.31. The second-order valence-electron chi connectivity index (χ2n) is 6.16. The van der Waals surface area contributed by atoms with Gasteiger partial charge >= 0.3 is 12.0 Å². The third-order valence-electron chi connectivity index (χ3n) is 4.03. The number of thiocarbonyl (C=S) groups is 1. The summed E-state index contributed by atoms with van der Waals surface area (Å²) in [5, 5.41) is 14.1. The molecule has 2 rings (SSSR count). The molecule has 0 aromatic heterocycles. The number of likely N-dealkylation sites (N-methyl/N-ethyl adjacent to an activating group) is 1. The van der Waals surface area contributed by atoms with Crippen LogP contribution in [0.25, 0.3) is 6.08 Å². The van der Waals surface area contributed by atoms with Gasteiger partial charge in [-0.15, -0.1) is 0 Å². The Morgan fingerprint density at radius 3 is 2.48 bits per heavy atom. The van der Waals surface area contributed by atoms with Gasteiger partial charge in [-0.1, -0.05) is 36.1 Å². The number of nitrogens with two attached hydrogens (primary N) is 1. The molecule has 0 spiro atoms. The number of aliphatic carboxylic acids is 1. The summed E-state index contributed by atoms with van der Waals surface area (Å²) in [6.45, 7) is 0.216. The first-order chi connectivity index (χ1) is 13.7. The van der Waals surface area contributed by atoms with Crippen LogP contribution in [-0.2, 0) is 9.59 Å². The van der Waals surface area contributed by atoms with Gasteiger partial charge in [0.25, 0.3) is 11.8 Å². The molecule has 5 N–H and O–H groups in total. The lowest BCUT2D eigenvalue weighted by atomic mass is 10.1. The summed E-state index contributed by atoms with van der Waals surface area (Å²) in [4.78, 5) is 48.2. The highest BCUT2D eigenvalue weighted by Gasteiger charge is 2.28. The number of rotatable bonds is 8. The zero-order valence-corrected chi connectivity index (χ0v) is 17.1. The molecule has 1 aromatic rings. The zero-order valence-electron chi connectivity index (χ0n) is 15.5. The summed E-state index contributed by atoms with van der Waals surface area (Å²) < 4.78 is 0.475. The molecule has 0 radical (unpaired) electrons. The number of hydrogen-bond acceptors (Lipinski definition) is 6. The molecule has 1 fully saturated rings. The predicted molar refractivity (Wildman–Crippen MR) is 113 cm³/mol. The number of nitrogens with zero attached hydrogens (tertiary/aromatic N) is 1. The molecule has 1 aliphatic rings. The van der Waals surface area contributed by atoms with Crippen LogP contribution in [0.5, 0.6) is 0 Å². The normalized spacial score (nSPS) is 16.0. The fourth-order valence-corrected chi connectivity index (χ4v) is 3.62. The number of primary amides is 1. The zero-order chi connectivity index (χ0) is 21.6. The van der Waals surface area contributed by atoms with Crippen LogP contribution in [0.3, 0.4) is 0 Å². The number of nitrogens with one attached hydrogen (secondary N) is 2. The van der Waals surface area contributed by atoms with Gasteiger partial charge in [0.2, 0.25) is 0 Å². The van der Waals surface area contributed by atoms with E-state index in [1.54, 1.807) is 37.4 Å². The first-order valence-corrected chi connectivity index (χ1v) is 9.80. The molecule has 1 aliphatic heterocycles. The smallest absolute Gasteiger partial charge is 0.326 e. The molecule has 1 heterocycles. The molecule has 9 nitrogen and oxygen atoms in total. The Morgan fingerprint density at radius 1 is 1.31 bits per heavy atom. The SMILES string of the molecule is CN1C(=O)/C(=C\c2ccc(C(=O)N[C@H](CCCNC(N)=O)C(=O)O)cc2)SC1=S. The summed E-state index contributed by atoms with van der Waals surface area (Å²) in [5.41, 5.74) is 5.94. The van der Waals surface area contributed by atoms with Gasteiger partial charge in [0, 0.05) is 19.2 Å². The number of hydrogen-bond donors (Lipinski definition) is 4. The van der Waals surface area contributed by atoms with Crippen LogP contribution in [0.2, 0.25) is 0 Å². The Hall–Kier alpha value is -2.92. The largest absolute Gasteiger partial charge is 0.480 e. The van der Waals surface area contributed by atoms with Crippen molar-refractivity contribution in [2.24, 2.45) is 5.73 Å². The summed E-state index contributed by atoms with van der Waals surface area (Å²) in [7, 11) is 1.61. The molecule has 0 saturated carbocycles. The van der Waals surface area contributed by atoms with Crippen molar-refractivity contribution in [1.82, 2.24) is 15.5 Å². The van der Waals surface area contributed by atoms with Crippen LogP contribution in [0.4, 0.5) is 4.79 Å². The second-order valence-corrected chi connectivity index (χ2v) is 7.84. The number of amides is 4. The van der Waals surface area contributed by atoms with Crippen LogP contribution in [0.1, 0.15) is 28.8 Å². The van der Waals surface area contributed by atoms with E-state index < -0.39 is 23.9 Å². The quantitative estimate of drug-likeness (QED) is 0.272. The fraction of sp³-hybridized carbons (Fsp3) is 0.278. The molecule has 1 saturated heterocycles. The van der Waals surface area contributed by atoms with E-state index >= 15 is 0 Å². The van der Waals surface area contributed by atoms with Crippen molar-refractivity contribution in [3.05, 3.63) is 40.3 Å². The molecule has 1 atom stereocenters. The van der Waals surface area contributed by atoms with Crippen LogP contribution < -0.4 is 16.4 Å². The van der Waals surface area contributed by atoms with E-state index in [1.807, 2.05) is 0 Å². The third-order valence-corrected chi connectivity index (χ3v) is 5.51. The van der Waals surface area contributed by atoms with Crippen molar-refractivity contribution in [3.63, 3.8) is 0 Å². The number of carboxylic acid groups (broad SMARTS) is 1. The molecule has 0 unspecified atom stereocenters. The van der Waals surface area contributed by atoms with E-state index in [4.69, 9.17) is 18.0 Å². The number of benzene rings is 1. The topological polar surface area (TPSA) is 142 Å². The van der Waals surface area contributed by atoms with Gasteiger partial charge in [0.15, 0.2) is 0 Å². The summed E-state index contributed by atoms with van der Waals surface area (Å²) in [5.74, 6) is -1.89. The molecular weight excluding hydrogens is 416 g/mol. The summed E-state index contributed by atoms with van der Waals surface area (Å²) >= 11 is 6.28. The molecule has 4 amide bonds. The maximum atomic E-state index is 12.3. The number of carboxylic acids is 1. The molecule has 0 aliphatic carbocycles. The Kier molecular flexibility index (Phi) is 7.74. The van der Waals surface area contributed by atoms with Crippen LogP contribution in [-0.4, -0.2) is 57.8 Å². The number of carbonyl (C=O) groups excluding carboxylic acids is 3. The maximum Gasteiger partial charge on any atom is 0.326 e. The van der Waals surface area contributed by atoms with E-state index in [0.29, 0.717) is 21.2 Å². The van der Waals surface area contributed by atoms with Crippen LogP contribution in [0.15, 0.2) is 29.2 Å². The fourth-order valence-electron chi connectivity index (χ4n) is 2.44. The van der Waals surface area contributed by atoms with E-state index in [2.05, 4.69) is 10.6 Å². The van der Waals surface area contributed by atoms with Crippen molar-refractivity contribution in [2.75, 3.05) is 13.6 Å². The number of thioether (sulfide) groups is 1. The van der Waals surface area contributed by atoms with Crippen molar-refractivity contribution in [2.45, 2.75) is 18.9 Å². The first-order valence-electron chi connectivity index (χ1n) is 8.57. The average molecular weight is 437 g/mol. The van der Waals surface area contributed by atoms with Gasteiger partial charge in [-0.3, -0.25) is 14.5 Å². The maximum absolute atomic E-state index is 12.3. The van der Waals surface area contributed by atoms with Crippen molar-refractivity contribution < 1.29 is 24.3 Å². The van der Waals surface area contributed by atoms with Crippen molar-refractivity contribution in [3.8, 4) is 0 Å². The van der Waals surface area contributed by atoms with E-state index in [9.17, 15) is 24.3 Å². The molecule has 0 bridgehead atoms. The van der Waals surface area contributed by atoms with Gasteiger partial charge in [0.1, 0.15) is 10.4 Å². The minimum Gasteiger partial charge on any atom is -0.480 e. The molecular formula is C18H20N4O5S2. The molecule has 11 heteroatoms. The molecule has 154 valence electrons. The second kappa shape index (κ2) is 10.0. The van der Waals surface area contributed by atoms with Gasteiger partial charge < -0.3 is 21.5 Å².